The van der Waals surface area contributed by atoms with Crippen molar-refractivity contribution in [3.63, 3.8) is 0 Å². The van der Waals surface area contributed by atoms with E-state index in [-0.39, 0.29) is 40.3 Å². The Morgan fingerprint density at radius 1 is 0.964 bits per heavy atom. The second-order valence-electron chi connectivity index (χ2n) is 5.59. The maximum absolute atomic E-state index is 12.5. The minimum atomic E-state index is -4.15. The second kappa shape index (κ2) is 10.9. The van der Waals surface area contributed by atoms with Gasteiger partial charge in [0.05, 0.1) is 45.7 Å². The average molecular weight is 411 g/mol. The predicted octanol–water partition coefficient (Wildman–Crippen LogP) is 2.80. The van der Waals surface area contributed by atoms with Gasteiger partial charge in [-0.2, -0.15) is 8.42 Å². The average Bonchev–Trinajstić information content (AvgIpc) is 2.69. The van der Waals surface area contributed by atoms with E-state index in [4.69, 9.17) is 23.8 Å². The molecule has 2 aromatic carbocycles. The Balaban J connectivity index is 1.92. The van der Waals surface area contributed by atoms with Crippen molar-refractivity contribution in [2.45, 2.75) is 11.8 Å². The number of hydrogen-bond donors (Lipinski definition) is 1. The number of hydrogen-bond acceptors (Lipinski definition) is 8. The molecular weight excluding hydrogens is 388 g/mol. The van der Waals surface area contributed by atoms with Crippen molar-refractivity contribution in [3.8, 4) is 5.75 Å². The van der Waals surface area contributed by atoms with Gasteiger partial charge in [0.15, 0.2) is 4.98 Å². The summed E-state index contributed by atoms with van der Waals surface area (Å²) in [6.45, 7) is 4.04. The van der Waals surface area contributed by atoms with Crippen LogP contribution in [-0.2, 0) is 28.5 Å². The molecule has 0 spiro atoms. The Hall–Kier alpha value is -2.29. The van der Waals surface area contributed by atoms with Crippen LogP contribution < -0.4 is 0 Å². The van der Waals surface area contributed by atoms with Crippen molar-refractivity contribution >= 4 is 26.6 Å². The minimum absolute atomic E-state index is 0.0568. The van der Waals surface area contributed by atoms with Crippen LogP contribution in [0.1, 0.15) is 6.92 Å². The Bertz CT molecular complexity index is 925. The quantitative estimate of drug-likeness (QED) is 0.322. The van der Waals surface area contributed by atoms with Crippen LogP contribution in [0, 0.1) is 5.39 Å². The summed E-state index contributed by atoms with van der Waals surface area (Å²) in [5.74, 6) is -0.315. The molecule has 0 aliphatic rings. The van der Waals surface area contributed by atoms with Gasteiger partial charge in [-0.05, 0) is 6.92 Å². The highest BCUT2D eigenvalue weighted by atomic mass is 32.2. The zero-order chi connectivity index (χ0) is 20.4. The first-order valence-electron chi connectivity index (χ1n) is 8.73. The normalized spacial score (nSPS) is 11.6. The molecule has 0 amide bonds. The lowest BCUT2D eigenvalue weighted by Crippen LogP contribution is -2.14. The molecular formula is C18H23N2O7S+. The molecule has 0 radical (unpaired) electrons. The molecule has 0 fully saturated rings. The summed E-state index contributed by atoms with van der Waals surface area (Å²) in [7, 11) is -4.15. The van der Waals surface area contributed by atoms with Gasteiger partial charge in [0.25, 0.3) is 10.1 Å². The van der Waals surface area contributed by atoms with Gasteiger partial charge < -0.3 is 19.3 Å². The minimum Gasteiger partial charge on any atom is -0.501 e. The number of fused-ring (bicyclic) bond motifs is 1. The van der Waals surface area contributed by atoms with Crippen molar-refractivity contribution in [1.29, 1.82) is 5.39 Å². The third kappa shape index (κ3) is 5.85. The van der Waals surface area contributed by atoms with Crippen LogP contribution in [0.3, 0.4) is 0 Å². The van der Waals surface area contributed by atoms with Crippen molar-refractivity contribution in [2.75, 3.05) is 46.2 Å². The number of rotatable bonds is 12. The maximum atomic E-state index is 12.5. The van der Waals surface area contributed by atoms with E-state index in [2.05, 4.69) is 4.98 Å². The highest BCUT2D eigenvalue weighted by Crippen LogP contribution is 2.39. The molecule has 10 heteroatoms. The van der Waals surface area contributed by atoms with Gasteiger partial charge in [-0.25, -0.2) is 0 Å². The number of ether oxygens (including phenoxy) is 3. The molecule has 28 heavy (non-hydrogen) atoms. The Labute approximate surface area is 163 Å². The summed E-state index contributed by atoms with van der Waals surface area (Å²) in [6, 6.07) is 7.37. The standard InChI is InChI=1S/C18H22N2O7S/c1-2-24-7-8-25-9-10-26-11-12-27-28(22,23)17-13-16(20-19)18(21)15-6-4-3-5-14(15)17/h3-6,13H,2,7-12H2,1H3/p+1. The third-order valence-electron chi connectivity index (χ3n) is 3.75. The molecule has 0 atom stereocenters. The first-order chi connectivity index (χ1) is 13.5. The van der Waals surface area contributed by atoms with Gasteiger partial charge in [0, 0.05) is 17.4 Å². The molecule has 0 heterocycles. The summed E-state index contributed by atoms with van der Waals surface area (Å²) >= 11 is 0. The van der Waals surface area contributed by atoms with Gasteiger partial charge in [-0.15, -0.1) is 0 Å². The van der Waals surface area contributed by atoms with Gasteiger partial charge in [0.2, 0.25) is 11.1 Å². The van der Waals surface area contributed by atoms with E-state index < -0.39 is 10.1 Å². The molecule has 0 aliphatic carbocycles. The largest absolute Gasteiger partial charge is 0.501 e. The molecule has 0 saturated heterocycles. The van der Waals surface area contributed by atoms with Gasteiger partial charge in [-0.3, -0.25) is 4.18 Å². The van der Waals surface area contributed by atoms with Crippen molar-refractivity contribution in [2.24, 2.45) is 0 Å². The van der Waals surface area contributed by atoms with Gasteiger partial charge in [-0.1, -0.05) is 24.3 Å². The summed E-state index contributed by atoms with van der Waals surface area (Å²) in [5.41, 5.74) is -0.263. The highest BCUT2D eigenvalue weighted by Gasteiger charge is 2.27. The fraction of sp³-hybridized carbons (Fsp3) is 0.444. The Morgan fingerprint density at radius 2 is 1.54 bits per heavy atom. The number of benzene rings is 2. The number of nitrogens with zero attached hydrogens (tertiary/aromatic N) is 2. The Morgan fingerprint density at radius 3 is 2.14 bits per heavy atom. The summed E-state index contributed by atoms with van der Waals surface area (Å²) in [4.78, 5) is 2.73. The van der Waals surface area contributed by atoms with E-state index in [9.17, 15) is 13.5 Å². The van der Waals surface area contributed by atoms with Crippen LogP contribution in [0.25, 0.3) is 15.7 Å². The molecule has 0 saturated carbocycles. The highest BCUT2D eigenvalue weighted by molar-refractivity contribution is 7.87. The van der Waals surface area contributed by atoms with Crippen LogP contribution in [0.4, 0.5) is 5.69 Å². The molecule has 152 valence electrons. The van der Waals surface area contributed by atoms with Crippen molar-refractivity contribution in [3.05, 3.63) is 35.3 Å². The molecule has 1 N–H and O–H groups in total. The number of diazo groups is 1. The predicted molar refractivity (Wildman–Crippen MR) is 102 cm³/mol. The fourth-order valence-corrected chi connectivity index (χ4v) is 3.56. The van der Waals surface area contributed by atoms with Crippen molar-refractivity contribution in [1.82, 2.24) is 0 Å². The zero-order valence-corrected chi connectivity index (χ0v) is 16.4. The van der Waals surface area contributed by atoms with Crippen LogP contribution in [0.5, 0.6) is 5.75 Å². The SMILES string of the molecule is CCOCCOCCOCCOS(=O)(=O)c1cc([N+]#N)c(O)c2ccccc12. The Kier molecular flexibility index (Phi) is 8.56. The summed E-state index contributed by atoms with van der Waals surface area (Å²) in [6.07, 6.45) is 0. The summed E-state index contributed by atoms with van der Waals surface area (Å²) < 4.78 is 45.7. The van der Waals surface area contributed by atoms with E-state index in [1.807, 2.05) is 6.92 Å². The fourth-order valence-electron chi connectivity index (χ4n) is 2.45. The lowest BCUT2D eigenvalue weighted by molar-refractivity contribution is 0.0117. The summed E-state index contributed by atoms with van der Waals surface area (Å²) in [5, 5.41) is 19.6. The molecule has 2 aromatic rings. The second-order valence-corrected chi connectivity index (χ2v) is 7.17. The lowest BCUT2D eigenvalue weighted by atomic mass is 10.1. The monoisotopic (exact) mass is 411 g/mol. The first-order valence-corrected chi connectivity index (χ1v) is 10.1. The maximum Gasteiger partial charge on any atom is 0.428 e. The molecule has 0 aromatic heterocycles. The van der Waals surface area contributed by atoms with Crippen molar-refractivity contribution < 1.29 is 31.9 Å². The van der Waals surface area contributed by atoms with E-state index in [1.165, 1.54) is 12.1 Å². The number of phenolic OH excluding ortho intramolecular Hbond substituents is 1. The van der Waals surface area contributed by atoms with Crippen LogP contribution in [0.2, 0.25) is 0 Å². The third-order valence-corrected chi connectivity index (χ3v) is 5.10. The lowest BCUT2D eigenvalue weighted by Gasteiger charge is -2.09. The van der Waals surface area contributed by atoms with Gasteiger partial charge in [0.1, 0.15) is 4.90 Å². The molecule has 9 nitrogen and oxygen atoms in total. The molecule has 2 rings (SSSR count). The molecule has 0 unspecified atom stereocenters. The smallest absolute Gasteiger partial charge is 0.428 e. The van der Waals surface area contributed by atoms with E-state index in [1.54, 1.807) is 12.1 Å². The zero-order valence-electron chi connectivity index (χ0n) is 15.5. The first kappa shape index (κ1) is 22.0. The van der Waals surface area contributed by atoms with Crippen LogP contribution in [-0.4, -0.2) is 59.8 Å². The molecule has 0 bridgehead atoms. The number of aromatic hydroxyl groups is 1. The van der Waals surface area contributed by atoms with Crippen LogP contribution >= 0.6 is 0 Å². The number of phenols is 1. The van der Waals surface area contributed by atoms with E-state index in [0.29, 0.717) is 33.0 Å². The van der Waals surface area contributed by atoms with E-state index >= 15 is 0 Å². The van der Waals surface area contributed by atoms with Gasteiger partial charge >= 0.3 is 5.69 Å². The van der Waals surface area contributed by atoms with Crippen LogP contribution in [0.15, 0.2) is 35.2 Å². The van der Waals surface area contributed by atoms with E-state index in [0.717, 1.165) is 6.07 Å². The topological polar surface area (TPSA) is 119 Å². The molecule has 0 aliphatic heterocycles.